The minimum absolute atomic E-state index is 0.0684. The number of hydrogen-bond donors (Lipinski definition) is 2. The number of methoxy groups -OCH3 is 1. The molecule has 2 aromatic rings. The van der Waals surface area contributed by atoms with Gasteiger partial charge in [-0.3, -0.25) is 4.79 Å². The van der Waals surface area contributed by atoms with Gasteiger partial charge in [0.1, 0.15) is 24.5 Å². The van der Waals surface area contributed by atoms with Crippen molar-refractivity contribution < 1.29 is 33.6 Å². The molecular weight excluding hydrogens is 452 g/mol. The molecule has 9 nitrogen and oxygen atoms in total. The summed E-state index contributed by atoms with van der Waals surface area (Å²) < 4.78 is 23.0. The second-order valence-corrected chi connectivity index (χ2v) is 8.51. The molecule has 2 heterocycles. The molecule has 2 N–H and O–H groups in total. The number of cyclic esters (lactones) is 1. The third-order valence-corrected chi connectivity index (χ3v) is 6.08. The number of aromatic hydroxyl groups is 1. The summed E-state index contributed by atoms with van der Waals surface area (Å²) >= 11 is 0. The number of nitrogens with one attached hydrogen (secondary N) is 1. The van der Waals surface area contributed by atoms with Gasteiger partial charge in [0.25, 0.3) is 5.91 Å². The van der Waals surface area contributed by atoms with Crippen LogP contribution in [-0.4, -0.2) is 60.5 Å². The first-order chi connectivity index (χ1) is 16.9. The van der Waals surface area contributed by atoms with Gasteiger partial charge in [-0.25, -0.2) is 9.78 Å². The molecular formula is C26H34N2O7. The number of unbranched alkanes of at least 4 members (excludes halogenated alkanes) is 1. The van der Waals surface area contributed by atoms with E-state index in [2.05, 4.69) is 17.2 Å². The molecule has 35 heavy (non-hydrogen) atoms. The molecule has 0 spiro atoms. The molecule has 0 radical (unpaired) electrons. The van der Waals surface area contributed by atoms with Gasteiger partial charge in [0.05, 0.1) is 13.2 Å². The number of benzene rings is 1. The summed E-state index contributed by atoms with van der Waals surface area (Å²) in [5, 5.41) is 12.9. The maximum absolute atomic E-state index is 13.0. The number of nitrogens with zero attached hydrogens (tertiary/aromatic N) is 1. The second-order valence-electron chi connectivity index (χ2n) is 8.51. The molecule has 0 unspecified atom stereocenters. The van der Waals surface area contributed by atoms with E-state index in [1.165, 1.54) is 19.4 Å². The number of amides is 1. The van der Waals surface area contributed by atoms with Crippen molar-refractivity contribution >= 4 is 11.9 Å². The highest BCUT2D eigenvalue weighted by Crippen LogP contribution is 2.28. The monoisotopic (exact) mass is 486 g/mol. The van der Waals surface area contributed by atoms with Crippen molar-refractivity contribution in [1.29, 1.82) is 0 Å². The Bertz CT molecular complexity index is 969. The number of carbonyl (C=O) groups excluding carboxylic acids is 2. The van der Waals surface area contributed by atoms with E-state index in [0.29, 0.717) is 6.61 Å². The van der Waals surface area contributed by atoms with Crippen molar-refractivity contribution in [3.05, 3.63) is 48.3 Å². The summed E-state index contributed by atoms with van der Waals surface area (Å²) in [6.07, 6.45) is 3.58. The molecule has 4 atom stereocenters. The van der Waals surface area contributed by atoms with Gasteiger partial charge in [-0.15, -0.1) is 0 Å². The molecule has 1 aliphatic rings. The molecule has 0 saturated carbocycles. The van der Waals surface area contributed by atoms with Crippen LogP contribution in [0.2, 0.25) is 0 Å². The summed E-state index contributed by atoms with van der Waals surface area (Å²) in [6.45, 7) is 4.49. The van der Waals surface area contributed by atoms with Crippen LogP contribution >= 0.6 is 0 Å². The Morgan fingerprint density at radius 2 is 2.03 bits per heavy atom. The average molecular weight is 487 g/mol. The number of para-hydroxylation sites is 1. The Morgan fingerprint density at radius 3 is 2.74 bits per heavy atom. The number of ether oxygens (including phenoxy) is 4. The van der Waals surface area contributed by atoms with Crippen LogP contribution in [0.25, 0.3) is 0 Å². The molecule has 0 aliphatic carbocycles. The van der Waals surface area contributed by atoms with E-state index in [1.54, 1.807) is 0 Å². The molecule has 1 aromatic heterocycles. The highest BCUT2D eigenvalue weighted by atomic mass is 16.6. The minimum atomic E-state index is -0.960. The van der Waals surface area contributed by atoms with Gasteiger partial charge < -0.3 is 29.4 Å². The lowest BCUT2D eigenvalue weighted by molar-refractivity contribution is -0.154. The van der Waals surface area contributed by atoms with Gasteiger partial charge in [0.2, 0.25) is 0 Å². The second kappa shape index (κ2) is 12.9. The van der Waals surface area contributed by atoms with E-state index < -0.39 is 29.8 Å². The predicted octanol–water partition coefficient (Wildman–Crippen LogP) is 3.50. The molecule has 1 fully saturated rings. The van der Waals surface area contributed by atoms with Crippen LogP contribution in [-0.2, 0) is 14.3 Å². The van der Waals surface area contributed by atoms with Crippen LogP contribution in [0, 0.1) is 5.92 Å². The Morgan fingerprint density at radius 1 is 1.26 bits per heavy atom. The Kier molecular flexibility index (Phi) is 9.72. The van der Waals surface area contributed by atoms with Gasteiger partial charge in [0.15, 0.2) is 17.2 Å². The zero-order valence-electron chi connectivity index (χ0n) is 20.4. The summed E-state index contributed by atoms with van der Waals surface area (Å²) in [7, 11) is 1.37. The lowest BCUT2D eigenvalue weighted by atomic mass is 9.91. The normalized spacial score (nSPS) is 22.8. The SMILES string of the molecule is CCCC[C@H]1[C@H](C)OC(=O)[C@@H](NC(=O)c2nccc(OC)c2O)CCO[C@@H]1COc1ccccc1. The van der Waals surface area contributed by atoms with Gasteiger partial charge in [-0.2, -0.15) is 0 Å². The standard InChI is InChI=1S/C26H34N2O7/c1-4-5-11-19-17(2)35-26(31)20(28-25(30)23-24(29)21(32-3)12-14-27-23)13-15-33-22(19)16-34-18-9-7-6-8-10-18/h6-10,12,14,17,19-20,22,29H,4-5,11,13,15-16H2,1-3H3,(H,28,30)/t17-,19-,20-,22+/m0/s1. The first kappa shape index (κ1) is 26.3. The van der Waals surface area contributed by atoms with Crippen LogP contribution in [0.4, 0.5) is 0 Å². The van der Waals surface area contributed by atoms with Gasteiger partial charge >= 0.3 is 5.97 Å². The third-order valence-electron chi connectivity index (χ3n) is 6.08. The van der Waals surface area contributed by atoms with Crippen LogP contribution in [0.1, 0.15) is 50.0 Å². The van der Waals surface area contributed by atoms with Crippen molar-refractivity contribution in [1.82, 2.24) is 10.3 Å². The van der Waals surface area contributed by atoms with E-state index in [1.807, 2.05) is 37.3 Å². The number of hydrogen-bond acceptors (Lipinski definition) is 8. The number of aromatic nitrogens is 1. The van der Waals surface area contributed by atoms with E-state index in [4.69, 9.17) is 18.9 Å². The summed E-state index contributed by atoms with van der Waals surface area (Å²) in [5.41, 5.74) is -0.235. The molecule has 1 amide bonds. The topological polar surface area (TPSA) is 116 Å². The molecule has 1 aliphatic heterocycles. The maximum Gasteiger partial charge on any atom is 0.329 e. The van der Waals surface area contributed by atoms with Crippen LogP contribution < -0.4 is 14.8 Å². The highest BCUT2D eigenvalue weighted by Gasteiger charge is 2.35. The third kappa shape index (κ3) is 7.08. The zero-order chi connectivity index (χ0) is 25.2. The fourth-order valence-corrected chi connectivity index (χ4v) is 4.09. The number of carbonyl (C=O) groups is 2. The van der Waals surface area contributed by atoms with Crippen molar-refractivity contribution in [2.75, 3.05) is 20.3 Å². The fourth-order valence-electron chi connectivity index (χ4n) is 4.09. The number of esters is 1. The molecule has 190 valence electrons. The fraction of sp³-hybridized carbons (Fsp3) is 0.500. The highest BCUT2D eigenvalue weighted by molar-refractivity contribution is 5.97. The van der Waals surface area contributed by atoms with Crippen molar-refractivity contribution in [3.8, 4) is 17.2 Å². The van der Waals surface area contributed by atoms with E-state index >= 15 is 0 Å². The van der Waals surface area contributed by atoms with E-state index in [9.17, 15) is 14.7 Å². The zero-order valence-corrected chi connectivity index (χ0v) is 20.4. The lowest BCUT2D eigenvalue weighted by Crippen LogP contribution is -2.44. The molecule has 1 aromatic carbocycles. The van der Waals surface area contributed by atoms with Crippen LogP contribution in [0.15, 0.2) is 42.6 Å². The number of rotatable bonds is 9. The van der Waals surface area contributed by atoms with Gasteiger partial charge in [-0.1, -0.05) is 38.0 Å². The largest absolute Gasteiger partial charge is 0.503 e. The molecule has 1 saturated heterocycles. The first-order valence-electron chi connectivity index (χ1n) is 12.0. The first-order valence-corrected chi connectivity index (χ1v) is 12.0. The summed E-state index contributed by atoms with van der Waals surface area (Å²) in [5.74, 6) is -0.873. The predicted molar refractivity (Wildman–Crippen MR) is 129 cm³/mol. The van der Waals surface area contributed by atoms with Crippen molar-refractivity contribution in [3.63, 3.8) is 0 Å². The van der Waals surface area contributed by atoms with Crippen molar-refractivity contribution in [2.24, 2.45) is 5.92 Å². The Balaban J connectivity index is 1.73. The van der Waals surface area contributed by atoms with E-state index in [-0.39, 0.29) is 36.5 Å². The maximum atomic E-state index is 13.0. The van der Waals surface area contributed by atoms with Gasteiger partial charge in [-0.05, 0) is 25.5 Å². The smallest absolute Gasteiger partial charge is 0.329 e. The Labute approximate surface area is 205 Å². The van der Waals surface area contributed by atoms with Crippen LogP contribution in [0.5, 0.6) is 17.2 Å². The summed E-state index contributed by atoms with van der Waals surface area (Å²) in [6, 6.07) is 9.97. The summed E-state index contributed by atoms with van der Waals surface area (Å²) in [4.78, 5) is 29.7. The van der Waals surface area contributed by atoms with E-state index in [0.717, 1.165) is 25.0 Å². The molecule has 3 rings (SSSR count). The molecule has 9 heteroatoms. The number of pyridine rings is 1. The van der Waals surface area contributed by atoms with Crippen LogP contribution in [0.3, 0.4) is 0 Å². The average Bonchev–Trinajstić information content (AvgIpc) is 2.91. The quantitative estimate of drug-likeness (QED) is 0.518. The minimum Gasteiger partial charge on any atom is -0.503 e. The van der Waals surface area contributed by atoms with Gasteiger partial charge in [0, 0.05) is 31.2 Å². The van der Waals surface area contributed by atoms with Crippen molar-refractivity contribution in [2.45, 2.75) is 57.8 Å². The molecule has 0 bridgehead atoms. The Hall–Kier alpha value is -3.33. The lowest BCUT2D eigenvalue weighted by Gasteiger charge is -2.30.